The molecule has 0 radical (unpaired) electrons. The molecule has 1 unspecified atom stereocenters. The van der Waals surface area contributed by atoms with Crippen LogP contribution >= 0.6 is 0 Å². The standard InChI is InChI=1S/C17H27NO4/c1-5-8-15(17(20)21-4)10-7-9-14(3)13-16(19)18-11-12-22-6-2/h8,14H,5-6,10-13H2,1-4H3,(H,18,19)/b15-8+. The number of methoxy groups -OCH3 is 1. The Bertz CT molecular complexity index is 432. The van der Waals surface area contributed by atoms with Crippen LogP contribution in [0.2, 0.25) is 0 Å². The van der Waals surface area contributed by atoms with Gasteiger partial charge in [0.1, 0.15) is 0 Å². The van der Waals surface area contributed by atoms with Crippen molar-refractivity contribution >= 4 is 11.9 Å². The molecule has 22 heavy (non-hydrogen) atoms. The number of hydrogen-bond donors (Lipinski definition) is 1. The van der Waals surface area contributed by atoms with Crippen LogP contribution in [-0.4, -0.2) is 38.7 Å². The van der Waals surface area contributed by atoms with Crippen LogP contribution in [0.25, 0.3) is 0 Å². The summed E-state index contributed by atoms with van der Waals surface area (Å²) in [5.74, 6) is 5.48. The van der Waals surface area contributed by atoms with E-state index in [2.05, 4.69) is 17.2 Å². The van der Waals surface area contributed by atoms with Crippen LogP contribution < -0.4 is 5.32 Å². The van der Waals surface area contributed by atoms with Gasteiger partial charge in [0.15, 0.2) is 0 Å². The minimum atomic E-state index is -0.350. The minimum absolute atomic E-state index is 0.0428. The first-order valence-electron chi connectivity index (χ1n) is 7.65. The van der Waals surface area contributed by atoms with E-state index in [4.69, 9.17) is 9.47 Å². The Hall–Kier alpha value is -1.80. The number of amides is 1. The largest absolute Gasteiger partial charge is 0.466 e. The second kappa shape index (κ2) is 12.9. The number of carbonyl (C=O) groups is 2. The molecule has 1 N–H and O–H groups in total. The fourth-order valence-electron chi connectivity index (χ4n) is 1.73. The molecule has 0 aromatic carbocycles. The molecule has 0 saturated heterocycles. The summed E-state index contributed by atoms with van der Waals surface area (Å²) in [6.45, 7) is 7.42. The number of allylic oxidation sites excluding steroid dienone is 1. The topological polar surface area (TPSA) is 64.6 Å². The normalized spacial score (nSPS) is 12.1. The molecule has 5 nitrogen and oxygen atoms in total. The fraction of sp³-hybridized carbons (Fsp3) is 0.647. The summed E-state index contributed by atoms with van der Waals surface area (Å²) in [6, 6.07) is 0. The van der Waals surface area contributed by atoms with E-state index in [1.54, 1.807) is 0 Å². The number of carbonyl (C=O) groups excluding carboxylic acids is 2. The maximum atomic E-state index is 11.7. The molecule has 1 amide bonds. The molecule has 0 heterocycles. The van der Waals surface area contributed by atoms with Crippen molar-refractivity contribution < 1.29 is 19.1 Å². The van der Waals surface area contributed by atoms with Gasteiger partial charge in [-0.05, 0) is 13.3 Å². The molecule has 0 bridgehead atoms. The number of esters is 1. The highest BCUT2D eigenvalue weighted by molar-refractivity contribution is 5.88. The Morgan fingerprint density at radius 1 is 1.32 bits per heavy atom. The molecule has 0 fully saturated rings. The van der Waals surface area contributed by atoms with Crippen LogP contribution in [-0.2, 0) is 19.1 Å². The van der Waals surface area contributed by atoms with Crippen molar-refractivity contribution in [1.82, 2.24) is 5.32 Å². The molecule has 0 rings (SSSR count). The maximum Gasteiger partial charge on any atom is 0.334 e. The molecule has 0 aliphatic heterocycles. The summed E-state index contributed by atoms with van der Waals surface area (Å²) < 4.78 is 9.84. The molecule has 0 aliphatic carbocycles. The highest BCUT2D eigenvalue weighted by Crippen LogP contribution is 2.06. The minimum Gasteiger partial charge on any atom is -0.466 e. The lowest BCUT2D eigenvalue weighted by molar-refractivity contribution is -0.136. The lowest BCUT2D eigenvalue weighted by atomic mass is 10.1. The molecule has 0 aliphatic rings. The highest BCUT2D eigenvalue weighted by atomic mass is 16.5. The first-order chi connectivity index (χ1) is 10.5. The van der Waals surface area contributed by atoms with Crippen molar-refractivity contribution in [2.24, 2.45) is 5.92 Å². The van der Waals surface area contributed by atoms with E-state index in [9.17, 15) is 9.59 Å². The van der Waals surface area contributed by atoms with E-state index in [-0.39, 0.29) is 17.8 Å². The van der Waals surface area contributed by atoms with Crippen molar-refractivity contribution in [3.05, 3.63) is 11.6 Å². The van der Waals surface area contributed by atoms with Gasteiger partial charge in [-0.15, -0.1) is 0 Å². The Morgan fingerprint density at radius 3 is 2.64 bits per heavy atom. The van der Waals surface area contributed by atoms with Crippen LogP contribution in [0.4, 0.5) is 0 Å². The van der Waals surface area contributed by atoms with Gasteiger partial charge in [-0.25, -0.2) is 4.79 Å². The Kier molecular flexibility index (Phi) is 11.8. The van der Waals surface area contributed by atoms with E-state index in [1.807, 2.05) is 26.8 Å². The summed E-state index contributed by atoms with van der Waals surface area (Å²) >= 11 is 0. The first kappa shape index (κ1) is 20.2. The predicted molar refractivity (Wildman–Crippen MR) is 86.1 cm³/mol. The molecule has 0 spiro atoms. The van der Waals surface area contributed by atoms with E-state index < -0.39 is 0 Å². The van der Waals surface area contributed by atoms with Crippen LogP contribution in [0.5, 0.6) is 0 Å². The Morgan fingerprint density at radius 2 is 2.05 bits per heavy atom. The SMILES string of the molecule is CC/C=C(\CC#CC(C)CC(=O)NCCOCC)C(=O)OC. The van der Waals surface area contributed by atoms with Crippen LogP contribution in [0.1, 0.15) is 40.0 Å². The highest BCUT2D eigenvalue weighted by Gasteiger charge is 2.08. The van der Waals surface area contributed by atoms with Crippen LogP contribution in [0, 0.1) is 17.8 Å². The molecule has 0 saturated carbocycles. The molecule has 5 heteroatoms. The summed E-state index contributed by atoms with van der Waals surface area (Å²) in [5, 5.41) is 2.78. The third-order valence-electron chi connectivity index (χ3n) is 2.79. The van der Waals surface area contributed by atoms with Gasteiger partial charge >= 0.3 is 5.97 Å². The molecule has 1 atom stereocenters. The molecular weight excluding hydrogens is 282 g/mol. The zero-order valence-corrected chi connectivity index (χ0v) is 14.0. The van der Waals surface area contributed by atoms with Gasteiger partial charge < -0.3 is 14.8 Å². The van der Waals surface area contributed by atoms with Crippen molar-refractivity contribution in [2.75, 3.05) is 26.9 Å². The molecule has 0 aromatic heterocycles. The van der Waals surface area contributed by atoms with Crippen molar-refractivity contribution in [2.45, 2.75) is 40.0 Å². The lowest BCUT2D eigenvalue weighted by Gasteiger charge is -2.06. The maximum absolute atomic E-state index is 11.7. The summed E-state index contributed by atoms with van der Waals surface area (Å²) in [5.41, 5.74) is 0.561. The predicted octanol–water partition coefficient (Wildman–Crippen LogP) is 2.07. The molecule has 124 valence electrons. The van der Waals surface area contributed by atoms with E-state index in [1.165, 1.54) is 7.11 Å². The monoisotopic (exact) mass is 309 g/mol. The van der Waals surface area contributed by atoms with Gasteiger partial charge in [0.05, 0.1) is 13.7 Å². The van der Waals surface area contributed by atoms with Crippen molar-refractivity contribution in [3.63, 3.8) is 0 Å². The van der Waals surface area contributed by atoms with Gasteiger partial charge in [0.25, 0.3) is 0 Å². The van der Waals surface area contributed by atoms with E-state index in [0.29, 0.717) is 38.2 Å². The zero-order chi connectivity index (χ0) is 16.8. The molecular formula is C17H27NO4. The second-order valence-corrected chi connectivity index (χ2v) is 4.78. The summed E-state index contributed by atoms with van der Waals surface area (Å²) in [6.07, 6.45) is 3.25. The third kappa shape index (κ3) is 10.0. The van der Waals surface area contributed by atoms with Crippen LogP contribution in [0.15, 0.2) is 11.6 Å². The number of hydrogen-bond acceptors (Lipinski definition) is 4. The van der Waals surface area contributed by atoms with Gasteiger partial charge in [0.2, 0.25) is 5.91 Å². The van der Waals surface area contributed by atoms with Gasteiger partial charge in [-0.2, -0.15) is 0 Å². The van der Waals surface area contributed by atoms with Crippen molar-refractivity contribution in [3.8, 4) is 11.8 Å². The zero-order valence-electron chi connectivity index (χ0n) is 14.0. The van der Waals surface area contributed by atoms with Gasteiger partial charge in [-0.1, -0.05) is 31.8 Å². The quantitative estimate of drug-likeness (QED) is 0.306. The lowest BCUT2D eigenvalue weighted by Crippen LogP contribution is -2.28. The number of ether oxygens (including phenoxy) is 2. The average Bonchev–Trinajstić information content (AvgIpc) is 2.50. The first-order valence-corrected chi connectivity index (χ1v) is 7.65. The number of rotatable bonds is 9. The average molecular weight is 309 g/mol. The molecule has 0 aromatic rings. The van der Waals surface area contributed by atoms with E-state index in [0.717, 1.165) is 6.42 Å². The van der Waals surface area contributed by atoms with E-state index >= 15 is 0 Å². The van der Waals surface area contributed by atoms with Gasteiger partial charge in [-0.3, -0.25) is 4.79 Å². The van der Waals surface area contributed by atoms with Crippen molar-refractivity contribution in [1.29, 1.82) is 0 Å². The smallest absolute Gasteiger partial charge is 0.334 e. The second-order valence-electron chi connectivity index (χ2n) is 4.78. The third-order valence-corrected chi connectivity index (χ3v) is 2.79. The Balaban J connectivity index is 4.20. The number of nitrogens with one attached hydrogen (secondary N) is 1. The Labute approximate surface area is 133 Å². The summed E-state index contributed by atoms with van der Waals surface area (Å²) in [4.78, 5) is 23.1. The fourth-order valence-corrected chi connectivity index (χ4v) is 1.73. The van der Waals surface area contributed by atoms with Gasteiger partial charge in [0, 0.05) is 37.5 Å². The summed E-state index contributed by atoms with van der Waals surface area (Å²) in [7, 11) is 1.36. The van der Waals surface area contributed by atoms with Crippen LogP contribution in [0.3, 0.4) is 0 Å².